The molecule has 112 valence electrons. The van der Waals surface area contributed by atoms with Crippen molar-refractivity contribution in [2.24, 2.45) is 11.8 Å². The Hall–Kier alpha value is -1.16. The molecule has 0 spiro atoms. The molecular weight excluding hydrogens is 252 g/mol. The molecule has 1 saturated heterocycles. The summed E-state index contributed by atoms with van der Waals surface area (Å²) in [5.74, 6) is 0.539. The number of carbonyl (C=O) groups excluding carboxylic acids is 1. The third kappa shape index (κ3) is 2.95. The summed E-state index contributed by atoms with van der Waals surface area (Å²) in [6.45, 7) is 10.4. The third-order valence-corrected chi connectivity index (χ3v) is 4.68. The Morgan fingerprint density at radius 3 is 2.65 bits per heavy atom. The summed E-state index contributed by atoms with van der Waals surface area (Å²) in [5, 5.41) is 4.52. The predicted molar refractivity (Wildman–Crippen MR) is 78.6 cm³/mol. The van der Waals surface area contributed by atoms with Gasteiger partial charge in [0.15, 0.2) is 0 Å². The zero-order valence-corrected chi connectivity index (χ0v) is 13.2. The summed E-state index contributed by atoms with van der Waals surface area (Å²) in [6, 6.07) is 2.34. The summed E-state index contributed by atoms with van der Waals surface area (Å²) in [4.78, 5) is 12.5. The minimum absolute atomic E-state index is 0.00116. The molecule has 0 aliphatic carbocycles. The number of Topliss-reactive ketones (excluding diaryl/α,β-unsaturated/α-hetero) is 1. The van der Waals surface area contributed by atoms with Crippen molar-refractivity contribution in [3.05, 3.63) is 18.0 Å². The van der Waals surface area contributed by atoms with Crippen molar-refractivity contribution >= 4 is 5.78 Å². The molecule has 1 aliphatic heterocycles. The van der Waals surface area contributed by atoms with Crippen LogP contribution in [0.25, 0.3) is 0 Å². The van der Waals surface area contributed by atoms with E-state index in [4.69, 9.17) is 4.74 Å². The van der Waals surface area contributed by atoms with Crippen LogP contribution in [0.4, 0.5) is 0 Å². The highest BCUT2D eigenvalue weighted by Gasteiger charge is 2.41. The van der Waals surface area contributed by atoms with Gasteiger partial charge in [-0.25, -0.2) is 0 Å². The Labute approximate surface area is 121 Å². The molecular formula is C16H26N2O2. The largest absolute Gasteiger partial charge is 0.375 e. The van der Waals surface area contributed by atoms with E-state index < -0.39 is 0 Å². The van der Waals surface area contributed by atoms with E-state index in [0.717, 1.165) is 12.1 Å². The van der Waals surface area contributed by atoms with Crippen molar-refractivity contribution in [3.8, 4) is 0 Å². The maximum absolute atomic E-state index is 12.5. The van der Waals surface area contributed by atoms with E-state index in [0.29, 0.717) is 12.5 Å². The zero-order chi connectivity index (χ0) is 14.9. The number of ketones is 1. The minimum atomic E-state index is -0.00116. The molecule has 0 bridgehead atoms. The quantitative estimate of drug-likeness (QED) is 0.831. The van der Waals surface area contributed by atoms with Crippen molar-refractivity contribution in [1.82, 2.24) is 9.78 Å². The number of nitrogens with zero attached hydrogens (tertiary/aromatic N) is 2. The third-order valence-electron chi connectivity index (χ3n) is 4.68. The van der Waals surface area contributed by atoms with Crippen LogP contribution >= 0.6 is 0 Å². The van der Waals surface area contributed by atoms with Gasteiger partial charge in [0.05, 0.1) is 24.3 Å². The van der Waals surface area contributed by atoms with Gasteiger partial charge in [0, 0.05) is 18.2 Å². The highest BCUT2D eigenvalue weighted by Crippen LogP contribution is 2.33. The maximum atomic E-state index is 12.5. The van der Waals surface area contributed by atoms with E-state index in [-0.39, 0.29) is 29.8 Å². The fourth-order valence-electron chi connectivity index (χ4n) is 3.02. The number of hydrogen-bond acceptors (Lipinski definition) is 3. The fraction of sp³-hybridized carbons (Fsp3) is 0.750. The summed E-state index contributed by atoms with van der Waals surface area (Å²) in [7, 11) is 0. The summed E-state index contributed by atoms with van der Waals surface area (Å²) < 4.78 is 7.71. The van der Waals surface area contributed by atoms with Crippen LogP contribution in [0.2, 0.25) is 0 Å². The van der Waals surface area contributed by atoms with Gasteiger partial charge in [-0.3, -0.25) is 9.48 Å². The van der Waals surface area contributed by atoms with Gasteiger partial charge in [0.1, 0.15) is 5.78 Å². The molecule has 4 heteroatoms. The molecule has 0 radical (unpaired) electrons. The minimum Gasteiger partial charge on any atom is -0.375 e. The van der Waals surface area contributed by atoms with Crippen LogP contribution in [-0.2, 0) is 16.0 Å². The zero-order valence-electron chi connectivity index (χ0n) is 13.2. The van der Waals surface area contributed by atoms with Crippen LogP contribution in [0.3, 0.4) is 0 Å². The van der Waals surface area contributed by atoms with Gasteiger partial charge in [-0.2, -0.15) is 5.10 Å². The molecule has 20 heavy (non-hydrogen) atoms. The Morgan fingerprint density at radius 1 is 1.40 bits per heavy atom. The van der Waals surface area contributed by atoms with Gasteiger partial charge in [-0.1, -0.05) is 13.8 Å². The second kappa shape index (κ2) is 6.08. The standard InChI is InChI=1S/C16H26N2O2/c1-6-10(2)18-8-7-14(17-18)9-15(19)16-11(3)12(4)20-13(16)5/h7-8,10-13,16H,6,9H2,1-5H3. The maximum Gasteiger partial charge on any atom is 0.144 e. The number of hydrogen-bond donors (Lipinski definition) is 0. The lowest BCUT2D eigenvalue weighted by molar-refractivity contribution is -0.124. The van der Waals surface area contributed by atoms with Gasteiger partial charge in [0.25, 0.3) is 0 Å². The first-order valence-electron chi connectivity index (χ1n) is 7.66. The van der Waals surface area contributed by atoms with Crippen LogP contribution in [0, 0.1) is 11.8 Å². The summed E-state index contributed by atoms with van der Waals surface area (Å²) in [5.41, 5.74) is 0.870. The first-order valence-corrected chi connectivity index (χ1v) is 7.66. The van der Waals surface area contributed by atoms with Gasteiger partial charge >= 0.3 is 0 Å². The summed E-state index contributed by atoms with van der Waals surface area (Å²) >= 11 is 0. The molecule has 1 aliphatic rings. The number of carbonyl (C=O) groups is 1. The van der Waals surface area contributed by atoms with Gasteiger partial charge in [0.2, 0.25) is 0 Å². The first kappa shape index (κ1) is 15.2. The van der Waals surface area contributed by atoms with Crippen LogP contribution in [-0.4, -0.2) is 27.8 Å². The number of ether oxygens (including phenoxy) is 1. The van der Waals surface area contributed by atoms with E-state index in [1.807, 2.05) is 30.8 Å². The van der Waals surface area contributed by atoms with E-state index in [2.05, 4.69) is 25.9 Å². The molecule has 0 amide bonds. The molecule has 5 unspecified atom stereocenters. The van der Waals surface area contributed by atoms with E-state index >= 15 is 0 Å². The first-order chi connectivity index (χ1) is 9.43. The number of aromatic nitrogens is 2. The highest BCUT2D eigenvalue weighted by molar-refractivity contribution is 5.84. The van der Waals surface area contributed by atoms with Crippen molar-refractivity contribution in [3.63, 3.8) is 0 Å². The topological polar surface area (TPSA) is 44.1 Å². The van der Waals surface area contributed by atoms with Crippen molar-refractivity contribution in [2.75, 3.05) is 0 Å². The molecule has 0 saturated carbocycles. The Morgan fingerprint density at radius 2 is 2.10 bits per heavy atom. The number of rotatable bonds is 5. The van der Waals surface area contributed by atoms with Gasteiger partial charge in [-0.05, 0) is 39.2 Å². The highest BCUT2D eigenvalue weighted by atomic mass is 16.5. The molecule has 5 atom stereocenters. The molecule has 2 rings (SSSR count). The lowest BCUT2D eigenvalue weighted by Crippen LogP contribution is -2.28. The molecule has 0 aromatic carbocycles. The van der Waals surface area contributed by atoms with Crippen molar-refractivity contribution in [2.45, 2.75) is 65.7 Å². The monoisotopic (exact) mass is 278 g/mol. The molecule has 0 N–H and O–H groups in total. The second-order valence-corrected chi connectivity index (χ2v) is 6.12. The van der Waals surface area contributed by atoms with E-state index in [9.17, 15) is 4.79 Å². The average Bonchev–Trinajstić information content (AvgIpc) is 2.94. The van der Waals surface area contributed by atoms with Gasteiger partial charge in [-0.15, -0.1) is 0 Å². The average molecular weight is 278 g/mol. The molecule has 1 fully saturated rings. The Balaban J connectivity index is 2.03. The van der Waals surface area contributed by atoms with Crippen LogP contribution < -0.4 is 0 Å². The summed E-state index contributed by atoms with van der Waals surface area (Å²) in [6.07, 6.45) is 3.61. The lowest BCUT2D eigenvalue weighted by Gasteiger charge is -2.16. The smallest absolute Gasteiger partial charge is 0.144 e. The SMILES string of the molecule is CCC(C)n1ccc(CC(=O)C2C(C)OC(C)C2C)n1. The van der Waals surface area contributed by atoms with Gasteiger partial charge < -0.3 is 4.74 Å². The predicted octanol–water partition coefficient (Wildman–Crippen LogP) is 3.03. The lowest BCUT2D eigenvalue weighted by atomic mass is 9.84. The van der Waals surface area contributed by atoms with Crippen LogP contribution in [0.15, 0.2) is 12.3 Å². The van der Waals surface area contributed by atoms with E-state index in [1.54, 1.807) is 0 Å². The molecule has 1 aromatic heterocycles. The normalized spacial score (nSPS) is 31.4. The molecule has 2 heterocycles. The van der Waals surface area contributed by atoms with Crippen LogP contribution in [0.1, 0.15) is 52.8 Å². The van der Waals surface area contributed by atoms with E-state index in [1.165, 1.54) is 0 Å². The molecule has 4 nitrogen and oxygen atoms in total. The van der Waals surface area contributed by atoms with Crippen LogP contribution in [0.5, 0.6) is 0 Å². The fourth-order valence-corrected chi connectivity index (χ4v) is 3.02. The molecule has 1 aromatic rings. The van der Waals surface area contributed by atoms with Crippen molar-refractivity contribution < 1.29 is 9.53 Å². The van der Waals surface area contributed by atoms with Crippen molar-refractivity contribution in [1.29, 1.82) is 0 Å². The Kier molecular flexibility index (Phi) is 4.63. The Bertz CT molecular complexity index is 469. The second-order valence-electron chi connectivity index (χ2n) is 6.12.